The van der Waals surface area contributed by atoms with Crippen molar-refractivity contribution in [3.05, 3.63) is 51.2 Å². The molecule has 0 saturated carbocycles. The number of hydrogen-bond acceptors (Lipinski definition) is 2. The molecule has 1 unspecified atom stereocenters. The van der Waals surface area contributed by atoms with Crippen LogP contribution in [0.4, 0.5) is 14.5 Å². The first-order chi connectivity index (χ1) is 10.0. The van der Waals surface area contributed by atoms with Crippen LogP contribution in [-0.2, 0) is 12.8 Å². The maximum absolute atomic E-state index is 13.5. The van der Waals surface area contributed by atoms with Crippen molar-refractivity contribution >= 4 is 22.9 Å². The van der Waals surface area contributed by atoms with Gasteiger partial charge in [0.15, 0.2) is 0 Å². The minimum Gasteiger partial charge on any atom is -0.319 e. The van der Waals surface area contributed by atoms with Crippen molar-refractivity contribution in [1.29, 1.82) is 0 Å². The molecule has 0 saturated heterocycles. The fraction of sp³-hybridized carbons (Fsp3) is 0.312. The molecule has 0 radical (unpaired) electrons. The van der Waals surface area contributed by atoms with Crippen LogP contribution in [0.5, 0.6) is 0 Å². The molecule has 5 heteroatoms. The molecule has 1 N–H and O–H groups in total. The second-order valence-corrected chi connectivity index (χ2v) is 6.62. The molecule has 21 heavy (non-hydrogen) atoms. The molecule has 1 heterocycles. The van der Waals surface area contributed by atoms with Gasteiger partial charge in [-0.2, -0.15) is 0 Å². The predicted molar refractivity (Wildman–Crippen MR) is 79.8 cm³/mol. The quantitative estimate of drug-likeness (QED) is 0.875. The maximum Gasteiger partial charge on any atom is 0.265 e. The molecule has 3 rings (SSSR count). The summed E-state index contributed by atoms with van der Waals surface area (Å²) < 4.78 is 26.7. The van der Waals surface area contributed by atoms with Crippen LogP contribution in [0.3, 0.4) is 0 Å². The molecule has 2 nitrogen and oxygen atoms in total. The van der Waals surface area contributed by atoms with E-state index < -0.39 is 11.6 Å². The van der Waals surface area contributed by atoms with Gasteiger partial charge in [-0.3, -0.25) is 4.79 Å². The lowest BCUT2D eigenvalue weighted by molar-refractivity contribution is 0.103. The number of aryl methyl sites for hydroxylation is 1. The second-order valence-electron chi connectivity index (χ2n) is 5.49. The van der Waals surface area contributed by atoms with E-state index in [0.717, 1.165) is 37.5 Å². The minimum absolute atomic E-state index is 0.125. The van der Waals surface area contributed by atoms with Crippen LogP contribution in [0.25, 0.3) is 0 Å². The number of fused-ring (bicyclic) bond motifs is 1. The summed E-state index contributed by atoms with van der Waals surface area (Å²) in [6.45, 7) is 2.20. The van der Waals surface area contributed by atoms with Gasteiger partial charge >= 0.3 is 0 Å². The number of anilines is 1. The third-order valence-electron chi connectivity index (χ3n) is 3.73. The van der Waals surface area contributed by atoms with Gasteiger partial charge < -0.3 is 5.32 Å². The van der Waals surface area contributed by atoms with E-state index in [1.807, 2.05) is 6.07 Å². The highest BCUT2D eigenvalue weighted by molar-refractivity contribution is 7.14. The summed E-state index contributed by atoms with van der Waals surface area (Å²) in [6, 6.07) is 4.90. The molecular weight excluding hydrogens is 292 g/mol. The lowest BCUT2D eigenvalue weighted by Gasteiger charge is -2.16. The Hall–Kier alpha value is -1.75. The van der Waals surface area contributed by atoms with E-state index in [0.29, 0.717) is 10.8 Å². The number of nitrogens with one attached hydrogen (secondary N) is 1. The van der Waals surface area contributed by atoms with Gasteiger partial charge in [0.2, 0.25) is 0 Å². The van der Waals surface area contributed by atoms with E-state index in [-0.39, 0.29) is 11.6 Å². The Morgan fingerprint density at radius 1 is 1.33 bits per heavy atom. The Balaban J connectivity index is 1.81. The molecule has 1 atom stereocenters. The first-order valence-corrected chi connectivity index (χ1v) is 7.72. The summed E-state index contributed by atoms with van der Waals surface area (Å²) in [7, 11) is 0. The van der Waals surface area contributed by atoms with Gasteiger partial charge in [0.05, 0.1) is 10.6 Å². The standard InChI is InChI=1S/C16H15F2NOS/c1-9-2-5-14-10(6-9)7-15(21-14)16(20)19-13-8-11(17)3-4-12(13)18/h3-4,7-9H,2,5-6H2,1H3,(H,19,20). The highest BCUT2D eigenvalue weighted by atomic mass is 32.1. The van der Waals surface area contributed by atoms with Crippen LogP contribution in [0, 0.1) is 17.6 Å². The largest absolute Gasteiger partial charge is 0.319 e. The molecule has 1 aliphatic carbocycles. The van der Waals surface area contributed by atoms with Gasteiger partial charge in [0, 0.05) is 10.9 Å². The lowest BCUT2D eigenvalue weighted by atomic mass is 9.90. The second kappa shape index (κ2) is 5.56. The van der Waals surface area contributed by atoms with Gasteiger partial charge in [0.1, 0.15) is 11.6 Å². The Bertz CT molecular complexity index is 696. The molecule has 0 spiro atoms. The summed E-state index contributed by atoms with van der Waals surface area (Å²) in [4.78, 5) is 14.0. The van der Waals surface area contributed by atoms with Crippen molar-refractivity contribution < 1.29 is 13.6 Å². The SMILES string of the molecule is CC1CCc2sc(C(=O)Nc3cc(F)ccc3F)cc2C1. The van der Waals surface area contributed by atoms with Gasteiger partial charge in [-0.15, -0.1) is 11.3 Å². The van der Waals surface area contributed by atoms with Crippen LogP contribution in [0.2, 0.25) is 0 Å². The van der Waals surface area contributed by atoms with Crippen molar-refractivity contribution in [2.24, 2.45) is 5.92 Å². The monoisotopic (exact) mass is 307 g/mol. The third-order valence-corrected chi connectivity index (χ3v) is 4.97. The number of amides is 1. The summed E-state index contributed by atoms with van der Waals surface area (Å²) in [5.41, 5.74) is 1.09. The Morgan fingerprint density at radius 2 is 2.14 bits per heavy atom. The Labute approximate surface area is 125 Å². The Kier molecular flexibility index (Phi) is 3.76. The molecule has 1 aliphatic rings. The highest BCUT2D eigenvalue weighted by Gasteiger charge is 2.21. The van der Waals surface area contributed by atoms with E-state index in [4.69, 9.17) is 0 Å². The maximum atomic E-state index is 13.5. The zero-order chi connectivity index (χ0) is 15.0. The molecule has 1 aromatic carbocycles. The van der Waals surface area contributed by atoms with Crippen LogP contribution >= 0.6 is 11.3 Å². The molecular formula is C16H15F2NOS. The fourth-order valence-corrected chi connectivity index (χ4v) is 3.70. The van der Waals surface area contributed by atoms with Crippen LogP contribution in [-0.4, -0.2) is 5.91 Å². The first kappa shape index (κ1) is 14.2. The molecule has 0 bridgehead atoms. The zero-order valence-corrected chi connectivity index (χ0v) is 12.4. The van der Waals surface area contributed by atoms with E-state index in [1.165, 1.54) is 21.8 Å². The van der Waals surface area contributed by atoms with Gasteiger partial charge in [-0.05, 0) is 48.9 Å². The van der Waals surface area contributed by atoms with Crippen molar-refractivity contribution in [2.45, 2.75) is 26.2 Å². The van der Waals surface area contributed by atoms with Gasteiger partial charge in [-0.1, -0.05) is 6.92 Å². The van der Waals surface area contributed by atoms with Crippen LogP contribution < -0.4 is 5.32 Å². The van der Waals surface area contributed by atoms with E-state index in [2.05, 4.69) is 12.2 Å². The lowest BCUT2D eigenvalue weighted by Crippen LogP contribution is -2.11. The topological polar surface area (TPSA) is 29.1 Å². The average Bonchev–Trinajstić information content (AvgIpc) is 2.86. The van der Waals surface area contributed by atoms with Crippen LogP contribution in [0.15, 0.2) is 24.3 Å². The molecule has 0 aliphatic heterocycles. The number of halogens is 2. The summed E-state index contributed by atoms with van der Waals surface area (Å²) in [5.74, 6) is -0.971. The van der Waals surface area contributed by atoms with Gasteiger partial charge in [0.25, 0.3) is 5.91 Å². The summed E-state index contributed by atoms with van der Waals surface area (Å²) >= 11 is 1.45. The first-order valence-electron chi connectivity index (χ1n) is 6.91. The van der Waals surface area contributed by atoms with Crippen LogP contribution in [0.1, 0.15) is 33.5 Å². The highest BCUT2D eigenvalue weighted by Crippen LogP contribution is 2.32. The van der Waals surface area contributed by atoms with E-state index in [9.17, 15) is 13.6 Å². The average molecular weight is 307 g/mol. The summed E-state index contributed by atoms with van der Waals surface area (Å²) in [6.07, 6.45) is 3.10. The minimum atomic E-state index is -0.639. The molecule has 1 amide bonds. The predicted octanol–water partition coefficient (Wildman–Crippen LogP) is 4.40. The Morgan fingerprint density at radius 3 is 2.95 bits per heavy atom. The number of carbonyl (C=O) groups excluding carboxylic acids is 1. The molecule has 2 aromatic rings. The number of carbonyl (C=O) groups is 1. The molecule has 0 fully saturated rings. The number of benzene rings is 1. The van der Waals surface area contributed by atoms with Crippen molar-refractivity contribution in [3.63, 3.8) is 0 Å². The molecule has 1 aromatic heterocycles. The van der Waals surface area contributed by atoms with E-state index >= 15 is 0 Å². The smallest absolute Gasteiger partial charge is 0.265 e. The fourth-order valence-electron chi connectivity index (χ4n) is 2.59. The number of rotatable bonds is 2. The number of hydrogen-bond donors (Lipinski definition) is 1. The third kappa shape index (κ3) is 2.97. The van der Waals surface area contributed by atoms with Crippen molar-refractivity contribution in [1.82, 2.24) is 0 Å². The van der Waals surface area contributed by atoms with Crippen molar-refractivity contribution in [2.75, 3.05) is 5.32 Å². The molecule has 110 valence electrons. The van der Waals surface area contributed by atoms with Crippen molar-refractivity contribution in [3.8, 4) is 0 Å². The normalized spacial score (nSPS) is 17.4. The van der Waals surface area contributed by atoms with E-state index in [1.54, 1.807) is 0 Å². The number of thiophene rings is 1. The zero-order valence-electron chi connectivity index (χ0n) is 11.6. The van der Waals surface area contributed by atoms with Gasteiger partial charge in [-0.25, -0.2) is 8.78 Å². The summed E-state index contributed by atoms with van der Waals surface area (Å²) in [5, 5.41) is 2.44.